The highest BCUT2D eigenvalue weighted by Crippen LogP contribution is 2.39. The van der Waals surface area contributed by atoms with Gasteiger partial charge >= 0.3 is 7.12 Å². The van der Waals surface area contributed by atoms with Crippen molar-refractivity contribution in [3.8, 4) is 0 Å². The van der Waals surface area contributed by atoms with Gasteiger partial charge in [-0.25, -0.2) is 0 Å². The van der Waals surface area contributed by atoms with Gasteiger partial charge in [0.1, 0.15) is 0 Å². The fourth-order valence-corrected chi connectivity index (χ4v) is 2.44. The lowest BCUT2D eigenvalue weighted by Gasteiger charge is -2.35. The van der Waals surface area contributed by atoms with Crippen molar-refractivity contribution in [3.63, 3.8) is 0 Å². The SMILES string of the molecule is OB(O)CC1CCC2(CC1)OCCO2. The van der Waals surface area contributed by atoms with Crippen molar-refractivity contribution < 1.29 is 19.5 Å². The Hall–Kier alpha value is -0.0951. The van der Waals surface area contributed by atoms with E-state index in [2.05, 4.69) is 0 Å². The molecule has 1 aliphatic carbocycles. The van der Waals surface area contributed by atoms with Gasteiger partial charge in [-0.3, -0.25) is 0 Å². The van der Waals surface area contributed by atoms with Crippen LogP contribution in [0, 0.1) is 5.92 Å². The van der Waals surface area contributed by atoms with Gasteiger partial charge in [0.25, 0.3) is 0 Å². The zero-order valence-electron chi connectivity index (χ0n) is 8.32. The summed E-state index contributed by atoms with van der Waals surface area (Å²) in [6.07, 6.45) is 4.21. The molecule has 1 spiro atoms. The van der Waals surface area contributed by atoms with E-state index in [1.165, 1.54) is 0 Å². The molecule has 5 heteroatoms. The van der Waals surface area contributed by atoms with Crippen molar-refractivity contribution in [2.45, 2.75) is 37.8 Å². The van der Waals surface area contributed by atoms with Crippen LogP contribution < -0.4 is 0 Å². The van der Waals surface area contributed by atoms with Gasteiger partial charge < -0.3 is 19.5 Å². The quantitative estimate of drug-likeness (QED) is 0.633. The van der Waals surface area contributed by atoms with E-state index < -0.39 is 7.12 Å². The van der Waals surface area contributed by atoms with Gasteiger partial charge in [-0.05, 0) is 25.1 Å². The third-order valence-corrected chi connectivity index (χ3v) is 3.22. The third-order valence-electron chi connectivity index (χ3n) is 3.22. The summed E-state index contributed by atoms with van der Waals surface area (Å²) in [5.74, 6) is 0.0881. The lowest BCUT2D eigenvalue weighted by atomic mass is 9.71. The molecule has 0 amide bonds. The summed E-state index contributed by atoms with van der Waals surface area (Å²) in [7, 11) is -1.17. The molecule has 0 aromatic carbocycles. The molecule has 0 radical (unpaired) electrons. The van der Waals surface area contributed by atoms with E-state index >= 15 is 0 Å². The second kappa shape index (κ2) is 4.19. The van der Waals surface area contributed by atoms with Gasteiger partial charge in [0, 0.05) is 12.8 Å². The number of ether oxygens (including phenoxy) is 2. The summed E-state index contributed by atoms with van der Waals surface area (Å²) in [5.41, 5.74) is 0. The van der Waals surface area contributed by atoms with Crippen LogP contribution in [0.3, 0.4) is 0 Å². The summed E-state index contributed by atoms with van der Waals surface area (Å²) in [6.45, 7) is 1.40. The van der Waals surface area contributed by atoms with Crippen LogP contribution in [0.15, 0.2) is 0 Å². The summed E-state index contributed by atoms with van der Waals surface area (Å²) in [6, 6.07) is 0. The van der Waals surface area contributed by atoms with Gasteiger partial charge in [0.15, 0.2) is 5.79 Å². The van der Waals surface area contributed by atoms with Gasteiger partial charge in [-0.2, -0.15) is 0 Å². The van der Waals surface area contributed by atoms with E-state index in [9.17, 15) is 0 Å². The zero-order valence-corrected chi connectivity index (χ0v) is 8.32. The van der Waals surface area contributed by atoms with Crippen molar-refractivity contribution in [2.24, 2.45) is 5.92 Å². The van der Waals surface area contributed by atoms with Crippen molar-refractivity contribution in [1.82, 2.24) is 0 Å². The molecule has 2 aliphatic rings. The van der Waals surface area contributed by atoms with E-state index in [0.29, 0.717) is 25.5 Å². The highest BCUT2D eigenvalue weighted by Gasteiger charge is 2.40. The highest BCUT2D eigenvalue weighted by atomic mass is 16.7. The van der Waals surface area contributed by atoms with Crippen LogP contribution in [0.5, 0.6) is 0 Å². The Bertz CT molecular complexity index is 181. The maximum absolute atomic E-state index is 8.85. The monoisotopic (exact) mass is 200 g/mol. The maximum Gasteiger partial charge on any atom is 0.451 e. The minimum Gasteiger partial charge on any atom is -0.427 e. The van der Waals surface area contributed by atoms with E-state index in [4.69, 9.17) is 19.5 Å². The molecule has 2 fully saturated rings. The molecule has 14 heavy (non-hydrogen) atoms. The van der Waals surface area contributed by atoms with E-state index in [1.807, 2.05) is 0 Å². The Morgan fingerprint density at radius 2 is 1.71 bits per heavy atom. The fourth-order valence-electron chi connectivity index (χ4n) is 2.44. The predicted molar refractivity (Wildman–Crippen MR) is 51.6 cm³/mol. The minimum absolute atomic E-state index is 0.323. The second-order valence-electron chi connectivity index (χ2n) is 4.27. The standard InChI is InChI=1S/C9H17BO4/c11-10(12)7-8-1-3-9(4-2-8)13-5-6-14-9/h8,11-12H,1-7H2. The topological polar surface area (TPSA) is 58.9 Å². The Morgan fingerprint density at radius 1 is 1.14 bits per heavy atom. The van der Waals surface area contributed by atoms with Gasteiger partial charge in [0.05, 0.1) is 13.2 Å². The Labute approximate surface area is 84.4 Å². The first-order valence-electron chi connectivity index (χ1n) is 5.34. The molecule has 80 valence electrons. The van der Waals surface area contributed by atoms with Crippen LogP contribution in [-0.4, -0.2) is 36.2 Å². The molecular weight excluding hydrogens is 183 g/mol. The van der Waals surface area contributed by atoms with Crippen molar-refractivity contribution >= 4 is 7.12 Å². The largest absolute Gasteiger partial charge is 0.451 e. The van der Waals surface area contributed by atoms with Gasteiger partial charge in [-0.15, -0.1) is 0 Å². The van der Waals surface area contributed by atoms with E-state index in [-0.39, 0.29) is 5.79 Å². The number of hydrogen-bond donors (Lipinski definition) is 2. The average molecular weight is 200 g/mol. The van der Waals surface area contributed by atoms with Crippen molar-refractivity contribution in [1.29, 1.82) is 0 Å². The fraction of sp³-hybridized carbons (Fsp3) is 1.00. The van der Waals surface area contributed by atoms with Crippen molar-refractivity contribution in [3.05, 3.63) is 0 Å². The third kappa shape index (κ3) is 2.28. The molecule has 0 aromatic rings. The summed E-state index contributed by atoms with van der Waals surface area (Å²) >= 11 is 0. The van der Waals surface area contributed by atoms with Crippen LogP contribution >= 0.6 is 0 Å². The molecule has 4 nitrogen and oxygen atoms in total. The lowest BCUT2D eigenvalue weighted by Crippen LogP contribution is -2.36. The maximum atomic E-state index is 8.85. The molecule has 1 aliphatic heterocycles. The normalized spacial score (nSPS) is 27.0. The predicted octanol–water partition coefficient (Wildman–Crippen LogP) is 0.392. The van der Waals surface area contributed by atoms with E-state index in [0.717, 1.165) is 25.7 Å². The summed E-state index contributed by atoms with van der Waals surface area (Å²) in [5, 5.41) is 17.7. The highest BCUT2D eigenvalue weighted by molar-refractivity contribution is 6.41. The average Bonchev–Trinajstić information content (AvgIpc) is 2.58. The number of hydrogen-bond acceptors (Lipinski definition) is 4. The summed E-state index contributed by atoms with van der Waals surface area (Å²) < 4.78 is 11.2. The Balaban J connectivity index is 1.79. The molecule has 1 heterocycles. The van der Waals surface area contributed by atoms with E-state index in [1.54, 1.807) is 0 Å². The Kier molecular flexibility index (Phi) is 3.12. The van der Waals surface area contributed by atoms with Crippen LogP contribution in [-0.2, 0) is 9.47 Å². The van der Waals surface area contributed by atoms with Crippen LogP contribution in [0.4, 0.5) is 0 Å². The van der Waals surface area contributed by atoms with Gasteiger partial charge in [0.2, 0.25) is 0 Å². The molecule has 2 N–H and O–H groups in total. The molecule has 0 unspecified atom stereocenters. The first-order valence-corrected chi connectivity index (χ1v) is 5.34. The Morgan fingerprint density at radius 3 is 2.21 bits per heavy atom. The van der Waals surface area contributed by atoms with Crippen LogP contribution in [0.1, 0.15) is 25.7 Å². The second-order valence-corrected chi connectivity index (χ2v) is 4.27. The molecule has 1 saturated carbocycles. The van der Waals surface area contributed by atoms with Crippen LogP contribution in [0.2, 0.25) is 6.32 Å². The first kappa shape index (κ1) is 10.4. The first-order chi connectivity index (χ1) is 6.70. The molecule has 0 bridgehead atoms. The van der Waals surface area contributed by atoms with Gasteiger partial charge in [-0.1, -0.05) is 0 Å². The molecule has 0 atom stereocenters. The zero-order chi connectivity index (χ0) is 10.0. The molecule has 0 aromatic heterocycles. The van der Waals surface area contributed by atoms with Crippen molar-refractivity contribution in [2.75, 3.05) is 13.2 Å². The lowest BCUT2D eigenvalue weighted by molar-refractivity contribution is -0.181. The molecular formula is C9H17BO4. The summed E-state index contributed by atoms with van der Waals surface area (Å²) in [4.78, 5) is 0. The minimum atomic E-state index is -1.17. The van der Waals surface area contributed by atoms with Crippen LogP contribution in [0.25, 0.3) is 0 Å². The smallest absolute Gasteiger partial charge is 0.427 e. The molecule has 2 rings (SSSR count). The molecule has 1 saturated heterocycles. The number of rotatable bonds is 2.